The van der Waals surface area contributed by atoms with E-state index in [0.29, 0.717) is 19.6 Å². The van der Waals surface area contributed by atoms with E-state index in [-0.39, 0.29) is 5.91 Å². The molecule has 1 aliphatic heterocycles. The maximum atomic E-state index is 12.1. The highest BCUT2D eigenvalue weighted by molar-refractivity contribution is 8.01. The van der Waals surface area contributed by atoms with E-state index < -0.39 is 0 Å². The molecule has 2 aromatic rings. The molecule has 2 heterocycles. The second-order valence-electron chi connectivity index (χ2n) is 4.96. The quantitative estimate of drug-likeness (QED) is 0.788. The summed E-state index contributed by atoms with van der Waals surface area (Å²) in [6.45, 7) is 2.76. The largest absolute Gasteiger partial charge is 0.378 e. The molecule has 1 aliphatic rings. The molecule has 116 valence electrons. The maximum Gasteiger partial charge on any atom is 0.223 e. The van der Waals surface area contributed by atoms with E-state index in [4.69, 9.17) is 4.74 Å². The number of carbonyl (C=O) groups is 1. The molecule has 0 atom stereocenters. The molecule has 0 saturated carbocycles. The van der Waals surface area contributed by atoms with Crippen LogP contribution >= 0.6 is 23.1 Å². The molecule has 0 unspecified atom stereocenters. The summed E-state index contributed by atoms with van der Waals surface area (Å²) in [5.41, 5.74) is 2.14. The summed E-state index contributed by atoms with van der Waals surface area (Å²) in [6, 6.07) is 10.2. The molecule has 1 amide bonds. The first-order valence-corrected chi connectivity index (χ1v) is 9.19. The summed E-state index contributed by atoms with van der Waals surface area (Å²) in [4.78, 5) is 18.6. The Hall–Kier alpha value is -1.37. The van der Waals surface area contributed by atoms with Crippen LogP contribution in [0.2, 0.25) is 0 Å². The average Bonchev–Trinajstić information content (AvgIpc) is 3.05. The maximum absolute atomic E-state index is 12.1. The number of carbonyl (C=O) groups excluding carboxylic acids is 1. The van der Waals surface area contributed by atoms with Crippen molar-refractivity contribution in [1.82, 2.24) is 9.88 Å². The Morgan fingerprint density at radius 2 is 2.05 bits per heavy atom. The van der Waals surface area contributed by atoms with Gasteiger partial charge in [-0.25, -0.2) is 4.98 Å². The predicted molar refractivity (Wildman–Crippen MR) is 90.3 cm³/mol. The monoisotopic (exact) mass is 334 g/mol. The standard InChI is InChI=1S/C16H18N2O2S2/c19-15(18-7-9-20-10-8-18)6-11-21-16-17-14(12-22-16)13-4-2-1-3-5-13/h1-5,12H,6-11H2. The number of hydrogen-bond donors (Lipinski definition) is 0. The van der Waals surface area contributed by atoms with Crippen molar-refractivity contribution in [2.24, 2.45) is 0 Å². The Morgan fingerprint density at radius 3 is 2.82 bits per heavy atom. The summed E-state index contributed by atoms with van der Waals surface area (Å²) in [5, 5.41) is 2.07. The molecule has 1 saturated heterocycles. The summed E-state index contributed by atoms with van der Waals surface area (Å²) >= 11 is 3.30. The number of thiazole rings is 1. The van der Waals surface area contributed by atoms with E-state index in [1.807, 2.05) is 23.1 Å². The van der Waals surface area contributed by atoms with Crippen LogP contribution < -0.4 is 0 Å². The van der Waals surface area contributed by atoms with E-state index in [9.17, 15) is 4.79 Å². The summed E-state index contributed by atoms with van der Waals surface area (Å²) in [5.74, 6) is 0.994. The van der Waals surface area contributed by atoms with Crippen LogP contribution in [-0.2, 0) is 9.53 Å². The Morgan fingerprint density at radius 1 is 1.27 bits per heavy atom. The van der Waals surface area contributed by atoms with E-state index in [0.717, 1.165) is 34.4 Å². The van der Waals surface area contributed by atoms with Crippen LogP contribution in [0, 0.1) is 0 Å². The number of benzene rings is 1. The van der Waals surface area contributed by atoms with Crippen molar-refractivity contribution in [2.45, 2.75) is 10.8 Å². The van der Waals surface area contributed by atoms with Gasteiger partial charge in [-0.3, -0.25) is 4.79 Å². The van der Waals surface area contributed by atoms with Crippen molar-refractivity contribution >= 4 is 29.0 Å². The third-order valence-electron chi connectivity index (χ3n) is 3.46. The minimum Gasteiger partial charge on any atom is -0.378 e. The van der Waals surface area contributed by atoms with Crippen LogP contribution in [0.3, 0.4) is 0 Å². The Kier molecular flexibility index (Phi) is 5.48. The molecule has 0 aliphatic carbocycles. The normalized spacial score (nSPS) is 15.0. The Labute approximate surface area is 138 Å². The third-order valence-corrected chi connectivity index (χ3v) is 5.48. The van der Waals surface area contributed by atoms with Gasteiger partial charge in [-0.2, -0.15) is 0 Å². The zero-order valence-corrected chi connectivity index (χ0v) is 13.9. The second kappa shape index (κ2) is 7.76. The number of thioether (sulfide) groups is 1. The van der Waals surface area contributed by atoms with Crippen LogP contribution in [0.1, 0.15) is 6.42 Å². The number of amides is 1. The van der Waals surface area contributed by atoms with Gasteiger partial charge in [0.25, 0.3) is 0 Å². The van der Waals surface area contributed by atoms with Crippen molar-refractivity contribution in [3.05, 3.63) is 35.7 Å². The number of aromatic nitrogens is 1. The lowest BCUT2D eigenvalue weighted by atomic mass is 10.2. The fraction of sp³-hybridized carbons (Fsp3) is 0.375. The van der Waals surface area contributed by atoms with Gasteiger partial charge >= 0.3 is 0 Å². The predicted octanol–water partition coefficient (Wildman–Crippen LogP) is 3.15. The van der Waals surface area contributed by atoms with Gasteiger partial charge in [-0.1, -0.05) is 42.1 Å². The minimum absolute atomic E-state index is 0.218. The molecule has 1 aromatic heterocycles. The fourth-order valence-corrected chi connectivity index (χ4v) is 4.09. The van der Waals surface area contributed by atoms with Gasteiger partial charge in [0.15, 0.2) is 4.34 Å². The van der Waals surface area contributed by atoms with Gasteiger partial charge in [0.05, 0.1) is 18.9 Å². The van der Waals surface area contributed by atoms with Gasteiger partial charge in [-0.05, 0) is 0 Å². The molecular weight excluding hydrogens is 316 g/mol. The molecule has 0 radical (unpaired) electrons. The smallest absolute Gasteiger partial charge is 0.223 e. The van der Waals surface area contributed by atoms with Crippen molar-refractivity contribution < 1.29 is 9.53 Å². The molecule has 1 aromatic carbocycles. The van der Waals surface area contributed by atoms with Gasteiger partial charge in [-0.15, -0.1) is 11.3 Å². The molecule has 1 fully saturated rings. The lowest BCUT2D eigenvalue weighted by molar-refractivity contribution is -0.134. The lowest BCUT2D eigenvalue weighted by Crippen LogP contribution is -2.40. The number of ether oxygens (including phenoxy) is 1. The third kappa shape index (κ3) is 4.09. The topological polar surface area (TPSA) is 42.4 Å². The SMILES string of the molecule is O=C(CCSc1nc(-c2ccccc2)cs1)N1CCOCC1. The molecule has 3 rings (SSSR count). The zero-order valence-electron chi connectivity index (χ0n) is 12.2. The van der Waals surface area contributed by atoms with Gasteiger partial charge < -0.3 is 9.64 Å². The summed E-state index contributed by atoms with van der Waals surface area (Å²) in [6.07, 6.45) is 0.560. The summed E-state index contributed by atoms with van der Waals surface area (Å²) in [7, 11) is 0. The Bertz CT molecular complexity index is 610. The zero-order chi connectivity index (χ0) is 15.2. The second-order valence-corrected chi connectivity index (χ2v) is 7.16. The molecule has 6 heteroatoms. The number of hydrogen-bond acceptors (Lipinski definition) is 5. The van der Waals surface area contributed by atoms with Gasteiger partial charge in [0.2, 0.25) is 5.91 Å². The van der Waals surface area contributed by atoms with Crippen LogP contribution in [0.15, 0.2) is 40.1 Å². The van der Waals surface area contributed by atoms with Crippen molar-refractivity contribution in [1.29, 1.82) is 0 Å². The highest BCUT2D eigenvalue weighted by atomic mass is 32.2. The van der Waals surface area contributed by atoms with Crippen LogP contribution in [-0.4, -0.2) is 47.8 Å². The molecular formula is C16H18N2O2S2. The van der Waals surface area contributed by atoms with Crippen molar-refractivity contribution in [3.63, 3.8) is 0 Å². The lowest BCUT2D eigenvalue weighted by Gasteiger charge is -2.26. The number of rotatable bonds is 5. The van der Waals surface area contributed by atoms with E-state index in [1.54, 1.807) is 23.1 Å². The van der Waals surface area contributed by atoms with E-state index >= 15 is 0 Å². The highest BCUT2D eigenvalue weighted by Gasteiger charge is 2.16. The van der Waals surface area contributed by atoms with Crippen LogP contribution in [0.5, 0.6) is 0 Å². The first-order valence-electron chi connectivity index (χ1n) is 7.32. The first kappa shape index (κ1) is 15.5. The highest BCUT2D eigenvalue weighted by Crippen LogP contribution is 2.28. The molecule has 22 heavy (non-hydrogen) atoms. The summed E-state index contributed by atoms with van der Waals surface area (Å²) < 4.78 is 6.28. The molecule has 4 nitrogen and oxygen atoms in total. The number of morpholine rings is 1. The van der Waals surface area contributed by atoms with E-state index in [2.05, 4.69) is 22.5 Å². The minimum atomic E-state index is 0.218. The molecule has 0 N–H and O–H groups in total. The van der Waals surface area contributed by atoms with Crippen LogP contribution in [0.4, 0.5) is 0 Å². The van der Waals surface area contributed by atoms with Gasteiger partial charge in [0, 0.05) is 36.2 Å². The van der Waals surface area contributed by atoms with Crippen molar-refractivity contribution in [3.8, 4) is 11.3 Å². The molecule has 0 spiro atoms. The van der Waals surface area contributed by atoms with Gasteiger partial charge in [0.1, 0.15) is 0 Å². The van der Waals surface area contributed by atoms with E-state index in [1.165, 1.54) is 0 Å². The first-order chi connectivity index (χ1) is 10.8. The molecule has 0 bridgehead atoms. The van der Waals surface area contributed by atoms with Crippen molar-refractivity contribution in [2.75, 3.05) is 32.1 Å². The fourth-order valence-electron chi connectivity index (χ4n) is 2.26. The Balaban J connectivity index is 1.48. The number of nitrogens with zero attached hydrogens (tertiary/aromatic N) is 2. The van der Waals surface area contributed by atoms with Crippen LogP contribution in [0.25, 0.3) is 11.3 Å². The average molecular weight is 334 g/mol.